The maximum absolute atomic E-state index is 13.9. The van der Waals surface area contributed by atoms with Crippen LogP contribution >= 0.6 is 0 Å². The molecule has 1 aromatic heterocycles. The van der Waals surface area contributed by atoms with Gasteiger partial charge in [0.05, 0.1) is 6.42 Å². The lowest BCUT2D eigenvalue weighted by molar-refractivity contribution is -0.141. The molecule has 0 bridgehead atoms. The highest BCUT2D eigenvalue weighted by Crippen LogP contribution is 2.28. The molecule has 1 heterocycles. The van der Waals surface area contributed by atoms with Gasteiger partial charge in [0, 0.05) is 29.7 Å². The Bertz CT molecular complexity index is 1330. The van der Waals surface area contributed by atoms with Gasteiger partial charge >= 0.3 is 0 Å². The number of benzene rings is 3. The summed E-state index contributed by atoms with van der Waals surface area (Å²) >= 11 is 0. The number of hydrogen-bond acceptors (Lipinski definition) is 2. The van der Waals surface area contributed by atoms with Gasteiger partial charge in [-0.25, -0.2) is 4.39 Å². The number of aromatic nitrogens is 1. The fourth-order valence-corrected chi connectivity index (χ4v) is 5.11. The lowest BCUT2D eigenvalue weighted by atomic mass is 10.0. The Morgan fingerprint density at radius 3 is 2.39 bits per heavy atom. The van der Waals surface area contributed by atoms with Crippen molar-refractivity contribution in [2.24, 2.45) is 0 Å². The number of para-hydroxylation sites is 1. The number of halogens is 1. The third kappa shape index (κ3) is 5.33. The SMILES string of the molecule is O=C(NC1CCCC1)C(c1ccc(F)cc1)N(Cc1ccccc1)C(=O)Cc1c[nH]c2ccccc12. The minimum Gasteiger partial charge on any atom is -0.361 e. The fraction of sp³-hybridized carbons (Fsp3) is 0.267. The number of fused-ring (bicyclic) bond motifs is 1. The average molecular weight is 484 g/mol. The van der Waals surface area contributed by atoms with E-state index in [9.17, 15) is 14.0 Å². The second-order valence-corrected chi connectivity index (χ2v) is 9.49. The zero-order chi connectivity index (χ0) is 24.9. The number of rotatable bonds is 8. The van der Waals surface area contributed by atoms with Crippen LogP contribution in [0.3, 0.4) is 0 Å². The zero-order valence-corrected chi connectivity index (χ0v) is 20.1. The molecule has 2 N–H and O–H groups in total. The number of H-pyrrole nitrogens is 1. The number of hydrogen-bond donors (Lipinski definition) is 2. The molecule has 3 aromatic carbocycles. The second kappa shape index (κ2) is 10.8. The Labute approximate surface area is 210 Å². The smallest absolute Gasteiger partial charge is 0.247 e. The van der Waals surface area contributed by atoms with Crippen molar-refractivity contribution in [1.29, 1.82) is 0 Å². The first-order valence-electron chi connectivity index (χ1n) is 12.5. The number of aromatic amines is 1. The fourth-order valence-electron chi connectivity index (χ4n) is 5.11. The molecule has 1 fully saturated rings. The summed E-state index contributed by atoms with van der Waals surface area (Å²) in [6.07, 6.45) is 6.03. The summed E-state index contributed by atoms with van der Waals surface area (Å²) in [7, 11) is 0. The largest absolute Gasteiger partial charge is 0.361 e. The van der Waals surface area contributed by atoms with Gasteiger partial charge in [-0.2, -0.15) is 0 Å². The van der Waals surface area contributed by atoms with E-state index in [-0.39, 0.29) is 36.6 Å². The van der Waals surface area contributed by atoms with E-state index in [1.54, 1.807) is 17.0 Å². The number of amides is 2. The third-order valence-corrected chi connectivity index (χ3v) is 6.98. The molecule has 1 aliphatic carbocycles. The normalized spacial score (nSPS) is 14.6. The van der Waals surface area contributed by atoms with Gasteiger partial charge in [0.1, 0.15) is 11.9 Å². The molecular formula is C30H30FN3O2. The van der Waals surface area contributed by atoms with Crippen LogP contribution in [0.2, 0.25) is 0 Å². The summed E-state index contributed by atoms with van der Waals surface area (Å²) < 4.78 is 13.8. The van der Waals surface area contributed by atoms with Crippen molar-refractivity contribution in [1.82, 2.24) is 15.2 Å². The summed E-state index contributed by atoms with van der Waals surface area (Å²) in [5.74, 6) is -0.773. The van der Waals surface area contributed by atoms with Gasteiger partial charge in [0.2, 0.25) is 11.8 Å². The number of nitrogens with one attached hydrogen (secondary N) is 2. The van der Waals surface area contributed by atoms with E-state index in [0.717, 1.165) is 47.7 Å². The monoisotopic (exact) mass is 483 g/mol. The maximum atomic E-state index is 13.9. The average Bonchev–Trinajstić information content (AvgIpc) is 3.55. The molecule has 4 aromatic rings. The first-order chi connectivity index (χ1) is 17.6. The van der Waals surface area contributed by atoms with E-state index in [0.29, 0.717) is 5.56 Å². The predicted octanol–water partition coefficient (Wildman–Crippen LogP) is 5.68. The van der Waals surface area contributed by atoms with E-state index < -0.39 is 6.04 Å². The summed E-state index contributed by atoms with van der Waals surface area (Å²) in [4.78, 5) is 32.5. The van der Waals surface area contributed by atoms with Crippen molar-refractivity contribution in [3.8, 4) is 0 Å². The Hall–Kier alpha value is -3.93. The van der Waals surface area contributed by atoms with Crippen molar-refractivity contribution in [3.05, 3.63) is 108 Å². The first kappa shape index (κ1) is 23.8. The van der Waals surface area contributed by atoms with Crippen LogP contribution in [0.1, 0.15) is 48.4 Å². The molecule has 0 saturated heterocycles. The first-order valence-corrected chi connectivity index (χ1v) is 12.5. The summed E-state index contributed by atoms with van der Waals surface area (Å²) in [5.41, 5.74) is 3.35. The van der Waals surface area contributed by atoms with E-state index >= 15 is 0 Å². The molecule has 1 saturated carbocycles. The van der Waals surface area contributed by atoms with E-state index in [1.807, 2.05) is 60.8 Å². The molecule has 1 aliphatic rings. The Morgan fingerprint density at radius 2 is 1.64 bits per heavy atom. The molecule has 0 aliphatic heterocycles. The number of nitrogens with zero attached hydrogens (tertiary/aromatic N) is 1. The van der Waals surface area contributed by atoms with Crippen molar-refractivity contribution < 1.29 is 14.0 Å². The molecule has 0 spiro atoms. The predicted molar refractivity (Wildman–Crippen MR) is 139 cm³/mol. The molecule has 2 amide bonds. The maximum Gasteiger partial charge on any atom is 0.247 e. The molecule has 36 heavy (non-hydrogen) atoms. The van der Waals surface area contributed by atoms with Gasteiger partial charge in [0.25, 0.3) is 0 Å². The number of carbonyl (C=O) groups is 2. The molecule has 5 rings (SSSR count). The topological polar surface area (TPSA) is 65.2 Å². The van der Waals surface area contributed by atoms with Crippen LogP contribution in [0.5, 0.6) is 0 Å². The Balaban J connectivity index is 1.51. The van der Waals surface area contributed by atoms with E-state index in [4.69, 9.17) is 0 Å². The van der Waals surface area contributed by atoms with Gasteiger partial charge in [-0.1, -0.05) is 73.5 Å². The summed E-state index contributed by atoms with van der Waals surface area (Å²) in [6, 6.07) is 22.6. The van der Waals surface area contributed by atoms with E-state index in [2.05, 4.69) is 10.3 Å². The quantitative estimate of drug-likeness (QED) is 0.339. The van der Waals surface area contributed by atoms with Crippen molar-refractivity contribution in [2.75, 3.05) is 0 Å². The van der Waals surface area contributed by atoms with Crippen LogP contribution in [0.15, 0.2) is 85.1 Å². The van der Waals surface area contributed by atoms with Crippen LogP contribution in [0.4, 0.5) is 4.39 Å². The summed E-state index contributed by atoms with van der Waals surface area (Å²) in [5, 5.41) is 4.15. The molecule has 0 radical (unpaired) electrons. The Kier molecular flexibility index (Phi) is 7.12. The van der Waals surface area contributed by atoms with Gasteiger partial charge in [-0.05, 0) is 47.7 Å². The lowest BCUT2D eigenvalue weighted by Crippen LogP contribution is -2.46. The minimum absolute atomic E-state index is 0.0998. The number of carbonyl (C=O) groups excluding carboxylic acids is 2. The van der Waals surface area contributed by atoms with Crippen LogP contribution < -0.4 is 5.32 Å². The minimum atomic E-state index is -0.871. The van der Waals surface area contributed by atoms with Crippen LogP contribution in [0.25, 0.3) is 10.9 Å². The second-order valence-electron chi connectivity index (χ2n) is 9.49. The van der Waals surface area contributed by atoms with Gasteiger partial charge < -0.3 is 15.2 Å². The van der Waals surface area contributed by atoms with Crippen LogP contribution in [-0.2, 0) is 22.6 Å². The van der Waals surface area contributed by atoms with Gasteiger partial charge in [0.15, 0.2) is 0 Å². The molecule has 5 nitrogen and oxygen atoms in total. The summed E-state index contributed by atoms with van der Waals surface area (Å²) in [6.45, 7) is 0.266. The highest BCUT2D eigenvalue weighted by atomic mass is 19.1. The van der Waals surface area contributed by atoms with Crippen LogP contribution in [-0.4, -0.2) is 27.7 Å². The Morgan fingerprint density at radius 1 is 0.944 bits per heavy atom. The highest BCUT2D eigenvalue weighted by molar-refractivity contribution is 5.92. The zero-order valence-electron chi connectivity index (χ0n) is 20.1. The highest BCUT2D eigenvalue weighted by Gasteiger charge is 2.33. The van der Waals surface area contributed by atoms with Crippen LogP contribution in [0, 0.1) is 5.82 Å². The third-order valence-electron chi connectivity index (χ3n) is 6.98. The molecule has 1 atom stereocenters. The van der Waals surface area contributed by atoms with Gasteiger partial charge in [-0.15, -0.1) is 0 Å². The van der Waals surface area contributed by atoms with Crippen molar-refractivity contribution in [3.63, 3.8) is 0 Å². The lowest BCUT2D eigenvalue weighted by Gasteiger charge is -2.32. The van der Waals surface area contributed by atoms with Crippen molar-refractivity contribution in [2.45, 2.75) is 50.7 Å². The van der Waals surface area contributed by atoms with E-state index in [1.165, 1.54) is 12.1 Å². The standard InChI is InChI=1S/C30H30FN3O2/c31-24-16-14-22(15-17-24)29(30(36)33-25-10-4-5-11-25)34(20-21-8-2-1-3-9-21)28(35)18-23-19-32-27-13-7-6-12-26(23)27/h1-3,6-9,12-17,19,25,29,32H,4-5,10-11,18,20H2,(H,33,36). The molecular weight excluding hydrogens is 453 g/mol. The van der Waals surface area contributed by atoms with Gasteiger partial charge in [-0.3, -0.25) is 9.59 Å². The molecule has 6 heteroatoms. The molecule has 184 valence electrons. The molecule has 1 unspecified atom stereocenters. The van der Waals surface area contributed by atoms with Crippen molar-refractivity contribution >= 4 is 22.7 Å².